The van der Waals surface area contributed by atoms with Gasteiger partial charge in [-0.2, -0.15) is 0 Å². The summed E-state index contributed by atoms with van der Waals surface area (Å²) in [7, 11) is -3.87. The van der Waals surface area contributed by atoms with Gasteiger partial charge in [-0.15, -0.1) is 0 Å². The summed E-state index contributed by atoms with van der Waals surface area (Å²) in [5.41, 5.74) is 2.48. The lowest BCUT2D eigenvalue weighted by Gasteiger charge is -2.34. The second kappa shape index (κ2) is 13.7. The minimum absolute atomic E-state index is 0.0330. The summed E-state index contributed by atoms with van der Waals surface area (Å²) in [6.07, 6.45) is 5.18. The molecule has 7 nitrogen and oxygen atoms in total. The van der Waals surface area contributed by atoms with Crippen LogP contribution < -0.4 is 9.62 Å². The maximum Gasteiger partial charge on any atom is 0.244 e. The summed E-state index contributed by atoms with van der Waals surface area (Å²) in [5.74, 6) is -0.790. The standard InChI is InChI=1S/C31H35Cl2N3O4S/c1-22-18-25(32)16-17-28(22)36(41(2,39)40)21-30(37)35(20-24-12-6-9-15-27(24)33)29(19-23-10-4-3-5-11-23)31(38)34-26-13-7-8-14-26/h3-6,9-12,15-18,26,29H,7-8,13-14,19-21H2,1-2H3,(H,34,38)/t29-/m0/s1. The van der Waals surface area contributed by atoms with Gasteiger partial charge in [-0.25, -0.2) is 8.42 Å². The largest absolute Gasteiger partial charge is 0.352 e. The molecule has 0 unspecified atom stereocenters. The van der Waals surface area contributed by atoms with Gasteiger partial charge in [0, 0.05) is 29.1 Å². The van der Waals surface area contributed by atoms with Gasteiger partial charge in [0.1, 0.15) is 12.6 Å². The van der Waals surface area contributed by atoms with E-state index >= 15 is 0 Å². The molecule has 2 amide bonds. The van der Waals surface area contributed by atoms with Crippen molar-refractivity contribution in [2.45, 2.75) is 57.7 Å². The van der Waals surface area contributed by atoms with E-state index in [1.54, 1.807) is 43.3 Å². The van der Waals surface area contributed by atoms with Crippen LogP contribution in [0.25, 0.3) is 0 Å². The Kier molecular flexibility index (Phi) is 10.3. The number of hydrogen-bond acceptors (Lipinski definition) is 4. The molecular weight excluding hydrogens is 581 g/mol. The normalized spacial score (nSPS) is 14.4. The summed E-state index contributed by atoms with van der Waals surface area (Å²) in [6, 6.07) is 20.6. The number of aryl methyl sites for hydroxylation is 1. The van der Waals surface area contributed by atoms with Gasteiger partial charge in [0.2, 0.25) is 21.8 Å². The Morgan fingerprint density at radius 3 is 2.27 bits per heavy atom. The lowest BCUT2D eigenvalue weighted by atomic mass is 10.0. The van der Waals surface area contributed by atoms with Crippen LogP contribution >= 0.6 is 23.2 Å². The summed E-state index contributed by atoms with van der Waals surface area (Å²) in [4.78, 5) is 29.6. The molecule has 3 aromatic carbocycles. The van der Waals surface area contributed by atoms with Crippen LogP contribution in [0, 0.1) is 6.92 Å². The van der Waals surface area contributed by atoms with Crippen molar-refractivity contribution in [3.63, 3.8) is 0 Å². The van der Waals surface area contributed by atoms with Crippen molar-refractivity contribution < 1.29 is 18.0 Å². The number of halogens is 2. The molecule has 10 heteroatoms. The molecule has 0 heterocycles. The summed E-state index contributed by atoms with van der Waals surface area (Å²) >= 11 is 12.6. The molecule has 0 bridgehead atoms. The molecule has 41 heavy (non-hydrogen) atoms. The van der Waals surface area contributed by atoms with Crippen molar-refractivity contribution in [1.29, 1.82) is 0 Å². The molecule has 218 valence electrons. The highest BCUT2D eigenvalue weighted by Gasteiger charge is 2.34. The van der Waals surface area contributed by atoms with Gasteiger partial charge in [-0.05, 0) is 60.7 Å². The van der Waals surface area contributed by atoms with Crippen LogP contribution in [-0.2, 0) is 32.6 Å². The van der Waals surface area contributed by atoms with Crippen molar-refractivity contribution in [2.24, 2.45) is 0 Å². The number of nitrogens with zero attached hydrogens (tertiary/aromatic N) is 2. The van der Waals surface area contributed by atoms with Crippen LogP contribution in [0.3, 0.4) is 0 Å². The molecule has 1 atom stereocenters. The number of sulfonamides is 1. The van der Waals surface area contributed by atoms with E-state index in [9.17, 15) is 18.0 Å². The zero-order valence-corrected chi connectivity index (χ0v) is 25.6. The Morgan fingerprint density at radius 2 is 1.63 bits per heavy atom. The van der Waals surface area contributed by atoms with E-state index in [0.717, 1.165) is 41.8 Å². The lowest BCUT2D eigenvalue weighted by Crippen LogP contribution is -2.54. The van der Waals surface area contributed by atoms with E-state index < -0.39 is 28.5 Å². The maximum atomic E-state index is 14.2. The molecule has 1 saturated carbocycles. The fourth-order valence-electron chi connectivity index (χ4n) is 5.23. The first kappa shape index (κ1) is 30.9. The zero-order valence-electron chi connectivity index (χ0n) is 23.2. The number of nitrogens with one attached hydrogen (secondary N) is 1. The fraction of sp³-hybridized carbons (Fsp3) is 0.355. The second-order valence-corrected chi connectivity index (χ2v) is 13.3. The smallest absolute Gasteiger partial charge is 0.244 e. The van der Waals surface area contributed by atoms with Crippen molar-refractivity contribution in [1.82, 2.24) is 10.2 Å². The first-order chi connectivity index (χ1) is 19.5. The molecule has 4 rings (SSSR count). The van der Waals surface area contributed by atoms with Gasteiger partial charge >= 0.3 is 0 Å². The van der Waals surface area contributed by atoms with E-state index in [0.29, 0.717) is 26.9 Å². The maximum absolute atomic E-state index is 14.2. The Bertz CT molecular complexity index is 1480. The number of amides is 2. The topological polar surface area (TPSA) is 86.8 Å². The monoisotopic (exact) mass is 615 g/mol. The number of anilines is 1. The molecule has 1 N–H and O–H groups in total. The average Bonchev–Trinajstić information content (AvgIpc) is 3.43. The Hall–Kier alpha value is -3.07. The lowest BCUT2D eigenvalue weighted by molar-refractivity contribution is -0.140. The predicted octanol–water partition coefficient (Wildman–Crippen LogP) is 5.77. The number of hydrogen-bond donors (Lipinski definition) is 1. The minimum Gasteiger partial charge on any atom is -0.352 e. The minimum atomic E-state index is -3.87. The molecular formula is C31H35Cl2N3O4S. The molecule has 1 aliphatic rings. The van der Waals surface area contributed by atoms with Gasteiger partial charge < -0.3 is 10.2 Å². The van der Waals surface area contributed by atoms with Crippen molar-refractivity contribution in [2.75, 3.05) is 17.1 Å². The van der Waals surface area contributed by atoms with Crippen LogP contribution in [0.15, 0.2) is 72.8 Å². The molecule has 0 saturated heterocycles. The van der Waals surface area contributed by atoms with E-state index in [1.807, 2.05) is 36.4 Å². The quantitative estimate of drug-likeness (QED) is 0.297. The summed E-state index contributed by atoms with van der Waals surface area (Å²) in [6.45, 7) is 1.28. The van der Waals surface area contributed by atoms with E-state index in [-0.39, 0.29) is 24.9 Å². The first-order valence-corrected chi connectivity index (χ1v) is 16.2. The van der Waals surface area contributed by atoms with E-state index in [1.165, 1.54) is 4.90 Å². The third-order valence-corrected chi connectivity index (χ3v) is 9.11. The molecule has 1 aliphatic carbocycles. The highest BCUT2D eigenvalue weighted by molar-refractivity contribution is 7.92. The Morgan fingerprint density at radius 1 is 0.976 bits per heavy atom. The van der Waals surface area contributed by atoms with E-state index in [4.69, 9.17) is 23.2 Å². The van der Waals surface area contributed by atoms with Gasteiger partial charge in [-0.3, -0.25) is 13.9 Å². The molecule has 1 fully saturated rings. The van der Waals surface area contributed by atoms with Crippen molar-refractivity contribution in [3.8, 4) is 0 Å². The molecule has 0 spiro atoms. The number of carbonyl (C=O) groups excluding carboxylic acids is 2. The van der Waals surface area contributed by atoms with Crippen LogP contribution in [0.4, 0.5) is 5.69 Å². The zero-order chi connectivity index (χ0) is 29.6. The van der Waals surface area contributed by atoms with Crippen LogP contribution in [0.5, 0.6) is 0 Å². The van der Waals surface area contributed by atoms with Crippen molar-refractivity contribution in [3.05, 3.63) is 99.5 Å². The third-order valence-electron chi connectivity index (χ3n) is 7.38. The van der Waals surface area contributed by atoms with Gasteiger partial charge in [0.15, 0.2) is 0 Å². The summed E-state index contributed by atoms with van der Waals surface area (Å²) in [5, 5.41) is 4.06. The predicted molar refractivity (Wildman–Crippen MR) is 165 cm³/mol. The van der Waals surface area contributed by atoms with Gasteiger partial charge in [0.25, 0.3) is 0 Å². The SMILES string of the molecule is Cc1cc(Cl)ccc1N(CC(=O)N(Cc1ccccc1Cl)[C@@H](Cc1ccccc1)C(=O)NC1CCCC1)S(C)(=O)=O. The fourth-order valence-corrected chi connectivity index (χ4v) is 6.55. The Labute approximate surface area is 252 Å². The second-order valence-electron chi connectivity index (χ2n) is 10.5. The molecule has 0 aromatic heterocycles. The van der Waals surface area contributed by atoms with E-state index in [2.05, 4.69) is 5.32 Å². The molecule has 0 aliphatic heterocycles. The number of rotatable bonds is 11. The molecule has 0 radical (unpaired) electrons. The van der Waals surface area contributed by atoms with Crippen molar-refractivity contribution >= 4 is 50.7 Å². The highest BCUT2D eigenvalue weighted by Crippen LogP contribution is 2.27. The van der Waals surface area contributed by atoms with Gasteiger partial charge in [-0.1, -0.05) is 84.6 Å². The molecule has 3 aromatic rings. The third kappa shape index (κ3) is 8.24. The highest BCUT2D eigenvalue weighted by atomic mass is 35.5. The van der Waals surface area contributed by atoms with Gasteiger partial charge in [0.05, 0.1) is 11.9 Å². The first-order valence-electron chi connectivity index (χ1n) is 13.6. The Balaban J connectivity index is 1.75. The number of benzene rings is 3. The average molecular weight is 617 g/mol. The van der Waals surface area contributed by atoms with Crippen LogP contribution in [-0.4, -0.2) is 50.0 Å². The van der Waals surface area contributed by atoms with Crippen LogP contribution in [0.1, 0.15) is 42.4 Å². The number of carbonyl (C=O) groups is 2. The summed E-state index contributed by atoms with van der Waals surface area (Å²) < 4.78 is 27.0. The van der Waals surface area contributed by atoms with Crippen LogP contribution in [0.2, 0.25) is 10.0 Å².